The van der Waals surface area contributed by atoms with E-state index in [1.807, 2.05) is 66.7 Å². The lowest BCUT2D eigenvalue weighted by Gasteiger charge is -1.93. The highest BCUT2D eigenvalue weighted by Crippen LogP contribution is 2.27. The molecule has 2 aromatic carbocycles. The third-order valence-corrected chi connectivity index (χ3v) is 3.93. The molecule has 1 aromatic heterocycles. The molecule has 0 saturated carbocycles. The van der Waals surface area contributed by atoms with E-state index < -0.39 is 0 Å². The Labute approximate surface area is 128 Å². The van der Waals surface area contributed by atoms with E-state index in [9.17, 15) is 4.79 Å². The molecule has 0 saturated heterocycles. The topological polar surface area (TPSA) is 45.8 Å². The summed E-state index contributed by atoms with van der Waals surface area (Å²) in [5.74, 6) is 0.117. The van der Waals surface area contributed by atoms with E-state index in [0.717, 1.165) is 33.7 Å². The monoisotopic (exact) mass is 286 g/mol. The second-order valence-electron chi connectivity index (χ2n) is 5.41. The molecular formula is C19H14N2O. The van der Waals surface area contributed by atoms with Gasteiger partial charge in [0.05, 0.1) is 11.4 Å². The second-order valence-corrected chi connectivity index (χ2v) is 5.41. The summed E-state index contributed by atoms with van der Waals surface area (Å²) >= 11 is 0. The minimum absolute atomic E-state index is 0.117. The van der Waals surface area contributed by atoms with Crippen molar-refractivity contribution in [1.29, 1.82) is 0 Å². The number of H-pyrrole nitrogens is 1. The number of ketones is 1. The molecule has 3 nitrogen and oxygen atoms in total. The minimum Gasteiger partial charge on any atom is -0.289 e. The first kappa shape index (κ1) is 12.8. The number of benzene rings is 2. The zero-order valence-electron chi connectivity index (χ0n) is 11.9. The van der Waals surface area contributed by atoms with E-state index in [4.69, 9.17) is 0 Å². The molecule has 0 fully saturated rings. The number of hydrogen-bond donors (Lipinski definition) is 1. The fourth-order valence-corrected chi connectivity index (χ4v) is 2.83. The van der Waals surface area contributed by atoms with E-state index in [-0.39, 0.29) is 5.78 Å². The first-order valence-corrected chi connectivity index (χ1v) is 7.25. The molecule has 0 atom stereocenters. The smallest absolute Gasteiger partial charge is 0.189 e. The van der Waals surface area contributed by atoms with Gasteiger partial charge in [0, 0.05) is 23.1 Å². The van der Waals surface area contributed by atoms with Crippen molar-refractivity contribution in [1.82, 2.24) is 10.2 Å². The predicted molar refractivity (Wildman–Crippen MR) is 86.5 cm³/mol. The maximum atomic E-state index is 12.4. The van der Waals surface area contributed by atoms with Crippen LogP contribution in [0.25, 0.3) is 17.3 Å². The van der Waals surface area contributed by atoms with E-state index in [0.29, 0.717) is 6.42 Å². The number of carbonyl (C=O) groups is 1. The summed E-state index contributed by atoms with van der Waals surface area (Å²) in [7, 11) is 0. The summed E-state index contributed by atoms with van der Waals surface area (Å²) in [4.78, 5) is 12.4. The van der Waals surface area contributed by atoms with Crippen LogP contribution in [0.5, 0.6) is 0 Å². The van der Waals surface area contributed by atoms with Gasteiger partial charge in [0.1, 0.15) is 0 Å². The van der Waals surface area contributed by atoms with E-state index >= 15 is 0 Å². The quantitative estimate of drug-likeness (QED) is 0.726. The van der Waals surface area contributed by atoms with E-state index in [1.54, 1.807) is 0 Å². The number of aromatic nitrogens is 2. The molecule has 4 rings (SSSR count). The minimum atomic E-state index is 0.117. The summed E-state index contributed by atoms with van der Waals surface area (Å²) in [6, 6.07) is 19.7. The predicted octanol–water partition coefficient (Wildman–Crippen LogP) is 3.90. The van der Waals surface area contributed by atoms with Crippen LogP contribution in [0.15, 0.2) is 66.2 Å². The van der Waals surface area contributed by atoms with Crippen LogP contribution in [0.3, 0.4) is 0 Å². The Morgan fingerprint density at radius 1 is 1.00 bits per heavy atom. The summed E-state index contributed by atoms with van der Waals surface area (Å²) in [5.41, 5.74) is 5.53. The van der Waals surface area contributed by atoms with Gasteiger partial charge in [-0.2, -0.15) is 5.10 Å². The molecule has 1 aliphatic rings. The van der Waals surface area contributed by atoms with Crippen molar-refractivity contribution in [3.8, 4) is 11.3 Å². The van der Waals surface area contributed by atoms with Gasteiger partial charge < -0.3 is 0 Å². The van der Waals surface area contributed by atoms with Crippen LogP contribution in [-0.2, 0) is 6.42 Å². The lowest BCUT2D eigenvalue weighted by molar-refractivity contribution is 0.104. The zero-order valence-corrected chi connectivity index (χ0v) is 11.9. The fraction of sp³-hybridized carbons (Fsp3) is 0.0526. The highest BCUT2D eigenvalue weighted by Gasteiger charge is 2.24. The van der Waals surface area contributed by atoms with Gasteiger partial charge in [-0.25, -0.2) is 0 Å². The number of Topliss-reactive ketones (excluding diaryl/α,β-unsaturated/α-hetero) is 1. The van der Waals surface area contributed by atoms with Crippen LogP contribution in [0.4, 0.5) is 0 Å². The Balaban J connectivity index is 1.65. The third-order valence-electron chi connectivity index (χ3n) is 3.93. The molecule has 0 unspecified atom stereocenters. The molecule has 1 N–H and O–H groups in total. The van der Waals surface area contributed by atoms with Gasteiger partial charge >= 0.3 is 0 Å². The van der Waals surface area contributed by atoms with Gasteiger partial charge in [-0.1, -0.05) is 54.6 Å². The average Bonchev–Trinajstić information content (AvgIpc) is 3.15. The molecule has 3 aromatic rings. The Bertz CT molecular complexity index is 875. The van der Waals surface area contributed by atoms with Crippen LogP contribution < -0.4 is 0 Å². The summed E-state index contributed by atoms with van der Waals surface area (Å²) < 4.78 is 0. The molecule has 0 amide bonds. The van der Waals surface area contributed by atoms with Crippen molar-refractivity contribution in [2.24, 2.45) is 0 Å². The van der Waals surface area contributed by atoms with Gasteiger partial charge in [0.2, 0.25) is 0 Å². The first-order chi connectivity index (χ1) is 10.8. The molecule has 0 radical (unpaired) electrons. The van der Waals surface area contributed by atoms with Gasteiger partial charge in [0.15, 0.2) is 5.78 Å². The van der Waals surface area contributed by atoms with Gasteiger partial charge in [0.25, 0.3) is 0 Å². The molecule has 0 aliphatic heterocycles. The number of rotatable bonds is 2. The summed E-state index contributed by atoms with van der Waals surface area (Å²) in [6.45, 7) is 0. The number of aromatic amines is 1. The first-order valence-electron chi connectivity index (χ1n) is 7.25. The second kappa shape index (κ2) is 5.11. The largest absolute Gasteiger partial charge is 0.289 e. The molecule has 0 spiro atoms. The Morgan fingerprint density at radius 2 is 1.77 bits per heavy atom. The van der Waals surface area contributed by atoms with Crippen molar-refractivity contribution in [3.63, 3.8) is 0 Å². The van der Waals surface area contributed by atoms with Gasteiger partial charge in [-0.15, -0.1) is 0 Å². The number of carbonyl (C=O) groups excluding carboxylic acids is 1. The van der Waals surface area contributed by atoms with E-state index in [1.165, 1.54) is 0 Å². The van der Waals surface area contributed by atoms with Crippen LogP contribution in [-0.4, -0.2) is 16.0 Å². The van der Waals surface area contributed by atoms with Gasteiger partial charge in [-0.05, 0) is 17.7 Å². The van der Waals surface area contributed by atoms with Crippen molar-refractivity contribution < 1.29 is 4.79 Å². The zero-order chi connectivity index (χ0) is 14.9. The molecule has 3 heteroatoms. The Morgan fingerprint density at radius 3 is 2.59 bits per heavy atom. The SMILES string of the molecule is O=C1C(=Cc2cc(-c3ccccc3)n[nH]2)Cc2ccccc21. The third kappa shape index (κ3) is 2.17. The summed E-state index contributed by atoms with van der Waals surface area (Å²) in [6.07, 6.45) is 2.59. The van der Waals surface area contributed by atoms with Crippen molar-refractivity contribution in [3.05, 3.63) is 83.1 Å². The maximum absolute atomic E-state index is 12.4. The number of nitrogens with one attached hydrogen (secondary N) is 1. The van der Waals surface area contributed by atoms with Gasteiger partial charge in [-0.3, -0.25) is 9.89 Å². The molecule has 1 aliphatic carbocycles. The fourth-order valence-electron chi connectivity index (χ4n) is 2.83. The van der Waals surface area contributed by atoms with Crippen LogP contribution >= 0.6 is 0 Å². The molecule has 0 bridgehead atoms. The van der Waals surface area contributed by atoms with Crippen LogP contribution in [0.2, 0.25) is 0 Å². The van der Waals surface area contributed by atoms with E-state index in [2.05, 4.69) is 10.2 Å². The molecule has 22 heavy (non-hydrogen) atoms. The molecule has 106 valence electrons. The standard InChI is InChI=1S/C19H14N2O/c22-19-15(10-14-8-4-5-9-17(14)19)11-16-12-18(21-20-16)13-6-2-1-3-7-13/h1-9,11-12H,10H2,(H,20,21). The summed E-state index contributed by atoms with van der Waals surface area (Å²) in [5, 5.41) is 7.32. The maximum Gasteiger partial charge on any atom is 0.189 e. The van der Waals surface area contributed by atoms with Crippen molar-refractivity contribution in [2.45, 2.75) is 6.42 Å². The number of hydrogen-bond acceptors (Lipinski definition) is 2. The number of allylic oxidation sites excluding steroid dienone is 1. The highest BCUT2D eigenvalue weighted by atomic mass is 16.1. The molecular weight excluding hydrogens is 272 g/mol. The lowest BCUT2D eigenvalue weighted by atomic mass is 10.1. The average molecular weight is 286 g/mol. The molecule has 1 heterocycles. The normalized spacial score (nSPS) is 15.3. The van der Waals surface area contributed by atoms with Crippen LogP contribution in [0, 0.1) is 0 Å². The van der Waals surface area contributed by atoms with Crippen LogP contribution in [0.1, 0.15) is 21.6 Å². The highest BCUT2D eigenvalue weighted by molar-refractivity contribution is 6.15. The number of fused-ring (bicyclic) bond motifs is 1. The Kier molecular flexibility index (Phi) is 2.97. The Hall–Kier alpha value is -2.94. The lowest BCUT2D eigenvalue weighted by Crippen LogP contribution is -1.94. The van der Waals surface area contributed by atoms with Crippen molar-refractivity contribution >= 4 is 11.9 Å². The van der Waals surface area contributed by atoms with Crippen molar-refractivity contribution in [2.75, 3.05) is 0 Å². The number of nitrogens with zero attached hydrogens (tertiary/aromatic N) is 1.